The van der Waals surface area contributed by atoms with Crippen LogP contribution in [-0.2, 0) is 151 Å². The third-order valence-corrected chi connectivity index (χ3v) is 18.3. The van der Waals surface area contributed by atoms with Crippen LogP contribution < -0.4 is 0 Å². The number of carbonyl (C=O) groups excluding carboxylic acids is 9. The number of alkyl halides is 16. The summed E-state index contributed by atoms with van der Waals surface area (Å²) < 4.78 is 424. The molecule has 112 heavy (non-hydrogen) atoms. The van der Waals surface area contributed by atoms with E-state index in [4.69, 9.17) is 4.74 Å². The number of ether oxygens (including phenoxy) is 10. The van der Waals surface area contributed by atoms with E-state index in [-0.39, 0.29) is 25.9 Å². The van der Waals surface area contributed by atoms with E-state index in [2.05, 4.69) is 42.6 Å². The van der Waals surface area contributed by atoms with E-state index in [1.165, 1.54) is 34.6 Å². The summed E-state index contributed by atoms with van der Waals surface area (Å²) in [5.74, 6) is -20.4. The van der Waals surface area contributed by atoms with Crippen LogP contribution in [0.25, 0.3) is 0 Å². The van der Waals surface area contributed by atoms with Crippen LogP contribution in [-0.4, -0.2) is 235 Å². The van der Waals surface area contributed by atoms with Crippen LogP contribution in [0.1, 0.15) is 141 Å². The molecular formula is C53H78F16O37S6-6. The van der Waals surface area contributed by atoms with Gasteiger partial charge in [-0.3, -0.25) is 28.8 Å². The van der Waals surface area contributed by atoms with Gasteiger partial charge in [0.05, 0.1) is 54.8 Å². The second-order valence-electron chi connectivity index (χ2n) is 22.5. The lowest BCUT2D eigenvalue weighted by Crippen LogP contribution is -2.50. The quantitative estimate of drug-likeness (QED) is 0.0187. The molecule has 0 fully saturated rings. The van der Waals surface area contributed by atoms with Crippen molar-refractivity contribution >= 4 is 114 Å². The zero-order valence-electron chi connectivity index (χ0n) is 60.5. The van der Waals surface area contributed by atoms with Gasteiger partial charge in [0, 0.05) is 0 Å². The summed E-state index contributed by atoms with van der Waals surface area (Å²) in [4.78, 5) is 98.7. The fourth-order valence-electron chi connectivity index (χ4n) is 4.59. The van der Waals surface area contributed by atoms with E-state index in [1.807, 2.05) is 6.92 Å². The van der Waals surface area contributed by atoms with Gasteiger partial charge in [-0.05, 0) is 65.2 Å². The molecule has 0 heterocycles. The topological polar surface area (TPSA) is 589 Å². The molecule has 0 aliphatic heterocycles. The molecule has 0 radical (unpaired) electrons. The molecule has 0 amide bonds. The van der Waals surface area contributed by atoms with Gasteiger partial charge >= 0.3 is 97.3 Å². The normalized spacial score (nSPS) is 14.2. The van der Waals surface area contributed by atoms with Gasteiger partial charge < -0.3 is 74.7 Å². The maximum atomic E-state index is 12.8. The molecule has 0 bridgehead atoms. The molecule has 0 N–H and O–H groups in total. The average molecular weight is 1800 g/mol. The minimum atomic E-state index is -6.60. The minimum absolute atomic E-state index is 0.00998. The summed E-state index contributed by atoms with van der Waals surface area (Å²) in [6.07, 6.45) is -2.70. The fourth-order valence-corrected chi connectivity index (χ4v) is 6.36. The van der Waals surface area contributed by atoms with Crippen LogP contribution in [0.5, 0.6) is 0 Å². The maximum absolute atomic E-state index is 12.8. The van der Waals surface area contributed by atoms with E-state index in [0.717, 1.165) is 0 Å². The second kappa shape index (κ2) is 48.2. The molecule has 5 unspecified atom stereocenters. The van der Waals surface area contributed by atoms with Gasteiger partial charge in [0.1, 0.15) is 19.8 Å². The average Bonchev–Trinajstić information content (AvgIpc) is 0.782. The molecule has 0 spiro atoms. The minimum Gasteiger partial charge on any atom is -0.743 e. The van der Waals surface area contributed by atoms with Crippen molar-refractivity contribution < 1.29 is 239 Å². The summed E-state index contributed by atoms with van der Waals surface area (Å²) in [5, 5.41) is -31.8. The first kappa shape index (κ1) is 116. The Morgan fingerprint density at radius 1 is 0.312 bits per heavy atom. The van der Waals surface area contributed by atoms with Crippen LogP contribution in [0, 0.1) is 35.0 Å². The standard InChI is InChI=1S/C12H20F2O7S.C9H14F4O6S.C9H14F2O7S.C8H12F4O5S.C8H12F2O7S.C7H12F2O5S/c1-4-11(2,3)9(15)20-7-5-6-8-21-10(16)12(13,14)22(17,18)19;1-3-6(2)7(14)18-4-5-19-8(10,11)9(12,13)20(15,16)17;1-3-6(2)7(12)17-4-5-18-8(13)9(10,11)19(14,15)16;1-3-5(2)6(13)17-4-7(9,10)8(11,12)18(14,15)16;1-3-5(2)6(11)16-4-17-7(12)8(9,10)18(13,14)15;1-3-5(2)6(10)14-4-7(8,9)15(11,12)13/h4-8H2,1-3H3,(H,17,18,19);6H,3-5H2,1-2H3,(H,15,16,17);6H,3-5H2,1-2H3,(H,14,15,16);5H,3-4H2,1-2H3,(H,14,15,16);5H,3-4H2,1-2H3,(H,13,14,15);5H,3-4H2,1-2H3,(H,11,12,13)/p-6. The number of hydrogen-bond donors (Lipinski definition) is 0. The van der Waals surface area contributed by atoms with Crippen LogP contribution in [0.15, 0.2) is 0 Å². The first-order chi connectivity index (χ1) is 49.8. The smallest absolute Gasteiger partial charge is 0.433 e. The molecule has 0 aromatic carbocycles. The Labute approximate surface area is 630 Å². The predicted octanol–water partition coefficient (Wildman–Crippen LogP) is 5.28. The highest BCUT2D eigenvalue weighted by Gasteiger charge is 2.64. The molecule has 37 nitrogen and oxygen atoms in total. The second-order valence-corrected chi connectivity index (χ2v) is 31.1. The Morgan fingerprint density at radius 2 is 0.571 bits per heavy atom. The maximum Gasteiger partial charge on any atom is 0.433 e. The number of hydrogen-bond acceptors (Lipinski definition) is 37. The molecule has 0 saturated carbocycles. The van der Waals surface area contributed by atoms with Gasteiger partial charge in [-0.15, -0.1) is 0 Å². The van der Waals surface area contributed by atoms with Crippen molar-refractivity contribution in [2.45, 2.75) is 185 Å². The van der Waals surface area contributed by atoms with Gasteiger partial charge in [0.2, 0.25) is 6.79 Å². The summed E-state index contributed by atoms with van der Waals surface area (Å²) in [6, 6.07) is 0. The molecular weight excluding hydrogens is 1720 g/mol. The zero-order valence-corrected chi connectivity index (χ0v) is 65.4. The zero-order chi connectivity index (χ0) is 90.7. The van der Waals surface area contributed by atoms with E-state index in [9.17, 15) is 191 Å². The monoisotopic (exact) mass is 1800 g/mol. The molecule has 0 aromatic heterocycles. The molecule has 666 valence electrons. The highest BCUT2D eigenvalue weighted by molar-refractivity contribution is 7.88. The van der Waals surface area contributed by atoms with Gasteiger partial charge in [-0.1, -0.05) is 76.2 Å². The highest BCUT2D eigenvalue weighted by atomic mass is 32.2. The van der Waals surface area contributed by atoms with Crippen molar-refractivity contribution in [1.29, 1.82) is 0 Å². The van der Waals surface area contributed by atoms with Crippen molar-refractivity contribution in [3.63, 3.8) is 0 Å². The molecule has 59 heteroatoms. The van der Waals surface area contributed by atoms with Crippen molar-refractivity contribution in [2.24, 2.45) is 35.0 Å². The summed E-state index contributed by atoms with van der Waals surface area (Å²) in [6.45, 7) is 11.9. The van der Waals surface area contributed by atoms with Crippen LogP contribution >= 0.6 is 0 Å². The first-order valence-corrected chi connectivity index (χ1v) is 39.1. The first-order valence-electron chi connectivity index (χ1n) is 30.7. The van der Waals surface area contributed by atoms with Crippen molar-refractivity contribution in [3.05, 3.63) is 0 Å². The Bertz CT molecular complexity index is 3750. The molecule has 5 atom stereocenters. The van der Waals surface area contributed by atoms with E-state index < -0.39 is 246 Å². The summed E-state index contributed by atoms with van der Waals surface area (Å²) >= 11 is 0. The van der Waals surface area contributed by atoms with E-state index in [0.29, 0.717) is 32.1 Å². The number of halogens is 16. The SMILES string of the molecule is CCC(C)(C)C(=O)OCCCCOC(=O)C(F)(F)S(=O)(=O)[O-].CCC(C)C(=O)OCC(F)(F)C(F)(F)S(=O)(=O)[O-].CCC(C)C(=O)OCC(F)(F)S(=O)(=O)[O-].CCC(C)C(=O)OCCOC(=O)C(F)(F)S(=O)(=O)[O-].CCC(C)C(=O)OCCOC(F)(F)C(F)(F)S(=O)(=O)[O-].CCC(C)C(=O)OCOC(=O)C(F)(F)S(=O)(=O)[O-]. The Balaban J connectivity index is -0.000000302. The number of unbranched alkanes of at least 4 members (excludes halogenated alkanes) is 1. The van der Waals surface area contributed by atoms with Gasteiger partial charge in [-0.25, -0.2) is 64.9 Å². The molecule has 0 aliphatic carbocycles. The summed E-state index contributed by atoms with van der Waals surface area (Å²) in [7, 11) is -37.4. The fraction of sp³-hybridized carbons (Fsp3) is 0.830. The van der Waals surface area contributed by atoms with E-state index >= 15 is 0 Å². The van der Waals surface area contributed by atoms with Crippen LogP contribution in [0.4, 0.5) is 70.2 Å². The predicted molar refractivity (Wildman–Crippen MR) is 328 cm³/mol. The highest BCUT2D eigenvalue weighted by Crippen LogP contribution is 2.40. The third kappa shape index (κ3) is 40.2. The molecule has 0 aliphatic rings. The van der Waals surface area contributed by atoms with Crippen molar-refractivity contribution in [3.8, 4) is 0 Å². The Kier molecular flexibility index (Phi) is 50.0. The third-order valence-electron chi connectivity index (χ3n) is 13.3. The number of rotatable bonds is 41. The Hall–Kier alpha value is -6.47. The molecule has 0 aromatic rings. The van der Waals surface area contributed by atoms with Crippen LogP contribution in [0.3, 0.4) is 0 Å². The van der Waals surface area contributed by atoms with Crippen molar-refractivity contribution in [1.82, 2.24) is 0 Å². The van der Waals surface area contributed by atoms with Gasteiger partial charge in [-0.2, -0.15) is 70.2 Å². The molecule has 0 rings (SSSR count). The lowest BCUT2D eigenvalue weighted by Gasteiger charge is -2.28. The van der Waals surface area contributed by atoms with Crippen molar-refractivity contribution in [2.75, 3.05) is 59.6 Å². The number of carbonyl (C=O) groups is 9. The van der Waals surface area contributed by atoms with E-state index in [1.54, 1.807) is 48.5 Å². The lowest BCUT2D eigenvalue weighted by molar-refractivity contribution is -0.320. The van der Waals surface area contributed by atoms with Gasteiger partial charge in [0.15, 0.2) is 73.9 Å². The van der Waals surface area contributed by atoms with Gasteiger partial charge in [0.25, 0.3) is 0 Å². The molecule has 0 saturated heterocycles. The Morgan fingerprint density at radius 3 is 0.857 bits per heavy atom. The number of esters is 9. The summed E-state index contributed by atoms with van der Waals surface area (Å²) in [5.41, 5.74) is -0.628. The lowest BCUT2D eigenvalue weighted by atomic mass is 9.91. The van der Waals surface area contributed by atoms with Crippen LogP contribution in [0.2, 0.25) is 0 Å². The largest absolute Gasteiger partial charge is 0.743 e.